The number of methoxy groups -OCH3 is 1. The van der Waals surface area contributed by atoms with Gasteiger partial charge in [0, 0.05) is 19.3 Å². The summed E-state index contributed by atoms with van der Waals surface area (Å²) in [5, 5.41) is 19.9. The number of hydrogen-bond acceptors (Lipinski definition) is 7. The Bertz CT molecular complexity index is 1210. The first kappa shape index (κ1) is 20.3. The van der Waals surface area contributed by atoms with Gasteiger partial charge in [0.1, 0.15) is 11.9 Å². The number of ether oxygens (including phenoxy) is 1. The summed E-state index contributed by atoms with van der Waals surface area (Å²) in [5.74, 6) is -0.227. The van der Waals surface area contributed by atoms with Gasteiger partial charge in [-0.2, -0.15) is 0 Å². The topological polar surface area (TPSA) is 106 Å². The number of aromatic nitrogens is 4. The molecule has 5 rings (SSSR count). The number of fused-ring (bicyclic) bond motifs is 3. The van der Waals surface area contributed by atoms with Crippen molar-refractivity contribution in [2.75, 3.05) is 19.2 Å². The maximum absolute atomic E-state index is 13.2. The molecule has 166 valence electrons. The zero-order chi connectivity index (χ0) is 22.4. The Morgan fingerprint density at radius 2 is 1.94 bits per heavy atom. The van der Waals surface area contributed by atoms with Crippen LogP contribution in [-0.2, 0) is 6.61 Å². The lowest BCUT2D eigenvalue weighted by molar-refractivity contribution is 0.0492. The lowest BCUT2D eigenvalue weighted by atomic mass is 9.89. The Morgan fingerprint density at radius 1 is 1.16 bits per heavy atom. The molecular weight excluding hydrogens is 412 g/mol. The second kappa shape index (κ2) is 7.79. The van der Waals surface area contributed by atoms with Gasteiger partial charge in [0.25, 0.3) is 5.91 Å². The van der Waals surface area contributed by atoms with Gasteiger partial charge < -0.3 is 14.7 Å². The van der Waals surface area contributed by atoms with Crippen LogP contribution in [0.15, 0.2) is 53.6 Å². The Morgan fingerprint density at radius 3 is 2.62 bits per heavy atom. The average molecular weight is 436 g/mol. The maximum Gasteiger partial charge on any atom is 0.277 e. The number of carbonyl (C=O) groups is 1. The van der Waals surface area contributed by atoms with Crippen LogP contribution in [0.5, 0.6) is 5.75 Å². The summed E-state index contributed by atoms with van der Waals surface area (Å²) in [7, 11) is 3.15. The van der Waals surface area contributed by atoms with E-state index >= 15 is 0 Å². The molecule has 10 heteroatoms. The van der Waals surface area contributed by atoms with Gasteiger partial charge in [-0.25, -0.2) is 4.68 Å². The molecule has 0 bridgehead atoms. The van der Waals surface area contributed by atoms with E-state index in [1.165, 1.54) is 13.2 Å². The largest absolute Gasteiger partial charge is 0.491 e. The standard InChI is InChI=1S/C22H24N6O4/c1-25-18-9-8-16(26-12-15(13-29)23-24-26)19(14-6-4-3-5-7-14)28(18)27-11-10-17(30)21(32-2)20(27)22(25)31/h3-7,10-12,16,18-19,29H,8-9,13H2,1-2H3/t16-,18-,19+/m0/s1. The minimum Gasteiger partial charge on any atom is -0.491 e. The number of pyridine rings is 1. The van der Waals surface area contributed by atoms with Crippen molar-refractivity contribution in [2.24, 2.45) is 0 Å². The molecule has 32 heavy (non-hydrogen) atoms. The normalized spacial score (nSPS) is 22.5. The van der Waals surface area contributed by atoms with Crippen LogP contribution in [0.25, 0.3) is 0 Å². The van der Waals surface area contributed by atoms with Gasteiger partial charge in [0.05, 0.1) is 32.0 Å². The highest BCUT2D eigenvalue weighted by atomic mass is 16.5. The van der Waals surface area contributed by atoms with Crippen LogP contribution in [0.4, 0.5) is 0 Å². The molecule has 1 saturated heterocycles. The molecule has 4 heterocycles. The summed E-state index contributed by atoms with van der Waals surface area (Å²) < 4.78 is 8.89. The Labute approximate surface area is 184 Å². The molecule has 1 N–H and O–H groups in total. The molecule has 0 aliphatic carbocycles. The molecule has 0 spiro atoms. The Hall–Kier alpha value is -3.66. The lowest BCUT2D eigenvalue weighted by Gasteiger charge is -2.53. The summed E-state index contributed by atoms with van der Waals surface area (Å²) >= 11 is 0. The molecule has 3 atom stereocenters. The third kappa shape index (κ3) is 2.98. The fourth-order valence-electron chi connectivity index (χ4n) is 4.87. The number of benzene rings is 1. The predicted octanol–water partition coefficient (Wildman–Crippen LogP) is 1.07. The summed E-state index contributed by atoms with van der Waals surface area (Å²) in [6, 6.07) is 11.1. The molecule has 0 radical (unpaired) electrons. The van der Waals surface area contributed by atoms with E-state index in [1.54, 1.807) is 33.7 Å². The van der Waals surface area contributed by atoms with Crippen molar-refractivity contribution in [3.05, 3.63) is 76.0 Å². The van der Waals surface area contributed by atoms with Gasteiger partial charge in [0.2, 0.25) is 5.43 Å². The van der Waals surface area contributed by atoms with E-state index in [2.05, 4.69) is 15.3 Å². The lowest BCUT2D eigenvalue weighted by Crippen LogP contribution is -2.64. The van der Waals surface area contributed by atoms with Crippen LogP contribution in [0.2, 0.25) is 0 Å². The highest BCUT2D eigenvalue weighted by Gasteiger charge is 2.47. The van der Waals surface area contributed by atoms with Crippen LogP contribution >= 0.6 is 0 Å². The van der Waals surface area contributed by atoms with Crippen LogP contribution < -0.4 is 15.2 Å². The van der Waals surface area contributed by atoms with E-state index < -0.39 is 0 Å². The second-order valence-electron chi connectivity index (χ2n) is 8.03. The van der Waals surface area contributed by atoms with E-state index in [0.29, 0.717) is 12.1 Å². The van der Waals surface area contributed by atoms with Crippen LogP contribution in [0.1, 0.15) is 46.7 Å². The van der Waals surface area contributed by atoms with Gasteiger partial charge >= 0.3 is 0 Å². The van der Waals surface area contributed by atoms with Crippen molar-refractivity contribution in [2.45, 2.75) is 37.7 Å². The second-order valence-corrected chi connectivity index (χ2v) is 8.03. The summed E-state index contributed by atoms with van der Waals surface area (Å²) in [6.07, 6.45) is 4.62. The molecule has 2 aromatic heterocycles. The van der Waals surface area contributed by atoms with Gasteiger partial charge in [0.15, 0.2) is 11.4 Å². The molecule has 3 aromatic rings. The number of carbonyl (C=O) groups excluding carboxylic acids is 1. The minimum atomic E-state index is -0.340. The van der Waals surface area contributed by atoms with E-state index in [0.717, 1.165) is 12.0 Å². The zero-order valence-electron chi connectivity index (χ0n) is 17.8. The highest BCUT2D eigenvalue weighted by molar-refractivity contribution is 5.96. The van der Waals surface area contributed by atoms with Gasteiger partial charge in [-0.15, -0.1) is 5.10 Å². The molecular formula is C22H24N6O4. The smallest absolute Gasteiger partial charge is 0.277 e. The van der Waals surface area contributed by atoms with Crippen molar-refractivity contribution >= 4 is 5.91 Å². The molecule has 2 aliphatic rings. The number of hydrogen-bond donors (Lipinski definition) is 1. The summed E-state index contributed by atoms with van der Waals surface area (Å²) in [6.45, 7) is -0.187. The molecule has 0 unspecified atom stereocenters. The zero-order valence-corrected chi connectivity index (χ0v) is 17.8. The quantitative estimate of drug-likeness (QED) is 0.652. The van der Waals surface area contributed by atoms with Crippen molar-refractivity contribution in [1.82, 2.24) is 24.6 Å². The fourth-order valence-corrected chi connectivity index (χ4v) is 4.87. The molecule has 0 saturated carbocycles. The monoisotopic (exact) mass is 436 g/mol. The SMILES string of the molecule is COc1c2n(ccc1=O)N1[C@H](c3ccccc3)[C@@H](n3cc(CO)nn3)CC[C@H]1N(C)C2=O. The van der Waals surface area contributed by atoms with E-state index in [9.17, 15) is 14.7 Å². The number of rotatable bonds is 4. The number of nitrogens with zero attached hydrogens (tertiary/aromatic N) is 6. The first-order valence-electron chi connectivity index (χ1n) is 10.5. The van der Waals surface area contributed by atoms with Gasteiger partial charge in [-0.05, 0) is 18.4 Å². The minimum absolute atomic E-state index is 0.0278. The maximum atomic E-state index is 13.2. The fraction of sp³-hybridized carbons (Fsp3) is 0.364. The van der Waals surface area contributed by atoms with E-state index in [-0.39, 0.29) is 47.6 Å². The Balaban J connectivity index is 1.73. The van der Waals surface area contributed by atoms with E-state index in [4.69, 9.17) is 4.74 Å². The third-order valence-corrected chi connectivity index (χ3v) is 6.33. The molecule has 2 aliphatic heterocycles. The first-order chi connectivity index (χ1) is 15.5. The summed E-state index contributed by atoms with van der Waals surface area (Å²) in [5.41, 5.74) is 1.40. The predicted molar refractivity (Wildman–Crippen MR) is 115 cm³/mol. The van der Waals surface area contributed by atoms with E-state index in [1.807, 2.05) is 30.3 Å². The third-order valence-electron chi connectivity index (χ3n) is 6.33. The summed E-state index contributed by atoms with van der Waals surface area (Å²) in [4.78, 5) is 27.3. The molecule has 1 fully saturated rings. The number of aliphatic hydroxyl groups excluding tert-OH is 1. The van der Waals surface area contributed by atoms with Crippen LogP contribution in [0.3, 0.4) is 0 Å². The average Bonchev–Trinajstić information content (AvgIpc) is 3.31. The molecule has 1 aromatic carbocycles. The number of piperidine rings is 1. The van der Waals surface area contributed by atoms with Crippen LogP contribution in [0, 0.1) is 0 Å². The Kier molecular flexibility index (Phi) is 4.93. The van der Waals surface area contributed by atoms with Gasteiger partial charge in [-0.3, -0.25) is 19.3 Å². The van der Waals surface area contributed by atoms with Crippen molar-refractivity contribution in [3.8, 4) is 5.75 Å². The molecule has 10 nitrogen and oxygen atoms in total. The number of aliphatic hydroxyl groups is 1. The first-order valence-corrected chi connectivity index (χ1v) is 10.5. The van der Waals surface area contributed by atoms with Gasteiger partial charge in [-0.1, -0.05) is 35.5 Å². The highest BCUT2D eigenvalue weighted by Crippen LogP contribution is 2.43. The van der Waals surface area contributed by atoms with Crippen LogP contribution in [-0.4, -0.2) is 55.9 Å². The van der Waals surface area contributed by atoms with Crippen molar-refractivity contribution in [1.29, 1.82) is 0 Å². The number of amides is 1. The molecule has 1 amide bonds. The van der Waals surface area contributed by atoms with Crippen molar-refractivity contribution < 1.29 is 14.6 Å². The van der Waals surface area contributed by atoms with Crippen molar-refractivity contribution in [3.63, 3.8) is 0 Å².